The molecule has 0 saturated carbocycles. The van der Waals surface area contributed by atoms with E-state index in [0.717, 1.165) is 69.1 Å². The fraction of sp³-hybridized carbons (Fsp3) is 0.850. The molecule has 0 bridgehead atoms. The highest BCUT2D eigenvalue weighted by molar-refractivity contribution is 14.0. The molecule has 1 aromatic rings. The normalized spacial score (nSPS) is 20.4. The van der Waals surface area contributed by atoms with Crippen molar-refractivity contribution >= 4 is 29.9 Å². The van der Waals surface area contributed by atoms with Crippen molar-refractivity contribution in [1.82, 2.24) is 25.0 Å². The Morgan fingerprint density at radius 3 is 2.85 bits per heavy atom. The van der Waals surface area contributed by atoms with E-state index in [1.165, 1.54) is 37.9 Å². The number of nitrogens with one attached hydrogen (secondary N) is 1. The zero-order chi connectivity index (χ0) is 18.4. The van der Waals surface area contributed by atoms with Crippen LogP contribution in [0.4, 0.5) is 0 Å². The second-order valence-corrected chi connectivity index (χ2v) is 8.30. The van der Waals surface area contributed by atoms with Gasteiger partial charge in [-0.3, -0.25) is 4.99 Å². The van der Waals surface area contributed by atoms with Gasteiger partial charge in [0.05, 0.1) is 0 Å². The third-order valence-corrected chi connectivity index (χ3v) is 5.65. The highest BCUT2D eigenvalue weighted by atomic mass is 127. The van der Waals surface area contributed by atoms with Gasteiger partial charge in [-0.05, 0) is 43.9 Å². The molecule has 0 radical (unpaired) electrons. The summed E-state index contributed by atoms with van der Waals surface area (Å²) in [5.74, 6) is 5.02. The van der Waals surface area contributed by atoms with Crippen LogP contribution >= 0.6 is 24.0 Å². The maximum absolute atomic E-state index is 4.50. The summed E-state index contributed by atoms with van der Waals surface area (Å²) < 4.78 is 2.36. The molecule has 7 heteroatoms. The number of nitrogens with zero attached hydrogens (tertiary/aromatic N) is 5. The van der Waals surface area contributed by atoms with E-state index in [0.29, 0.717) is 0 Å². The molecule has 1 atom stereocenters. The van der Waals surface area contributed by atoms with Gasteiger partial charge in [0.1, 0.15) is 11.6 Å². The van der Waals surface area contributed by atoms with Crippen molar-refractivity contribution in [2.24, 2.45) is 16.8 Å². The highest BCUT2D eigenvalue weighted by Crippen LogP contribution is 2.23. The molecule has 1 unspecified atom stereocenters. The molecular formula is C20H37IN6. The minimum Gasteiger partial charge on any atom is -0.356 e. The number of likely N-dealkylation sites (tertiary alicyclic amines) is 1. The summed E-state index contributed by atoms with van der Waals surface area (Å²) in [5.41, 5.74) is 0. The quantitative estimate of drug-likeness (QED) is 0.288. The molecule has 0 aromatic carbocycles. The van der Waals surface area contributed by atoms with Gasteiger partial charge < -0.3 is 14.8 Å². The summed E-state index contributed by atoms with van der Waals surface area (Å²) in [7, 11) is 1.90. The van der Waals surface area contributed by atoms with Gasteiger partial charge in [-0.2, -0.15) is 0 Å². The van der Waals surface area contributed by atoms with Crippen LogP contribution in [-0.4, -0.2) is 52.3 Å². The van der Waals surface area contributed by atoms with Gasteiger partial charge in [0.25, 0.3) is 0 Å². The van der Waals surface area contributed by atoms with Gasteiger partial charge in [0.2, 0.25) is 0 Å². The molecule has 0 spiro atoms. The van der Waals surface area contributed by atoms with E-state index in [1.54, 1.807) is 0 Å². The molecule has 2 aliphatic heterocycles. The van der Waals surface area contributed by atoms with E-state index in [4.69, 9.17) is 0 Å². The van der Waals surface area contributed by atoms with Gasteiger partial charge >= 0.3 is 0 Å². The zero-order valence-electron chi connectivity index (χ0n) is 17.3. The molecule has 1 fully saturated rings. The Kier molecular flexibility index (Phi) is 9.32. The summed E-state index contributed by atoms with van der Waals surface area (Å²) in [4.78, 5) is 6.93. The van der Waals surface area contributed by atoms with Gasteiger partial charge in [0, 0.05) is 46.1 Å². The number of aryl methyl sites for hydroxylation is 2. The molecule has 0 amide bonds. The van der Waals surface area contributed by atoms with Crippen molar-refractivity contribution in [1.29, 1.82) is 0 Å². The first kappa shape index (κ1) is 22.4. The average Bonchev–Trinajstić information content (AvgIpc) is 3.15. The largest absolute Gasteiger partial charge is 0.356 e. The highest BCUT2D eigenvalue weighted by Gasteiger charge is 2.25. The number of halogens is 1. The van der Waals surface area contributed by atoms with Crippen molar-refractivity contribution in [3.63, 3.8) is 0 Å². The Morgan fingerprint density at radius 2 is 2.07 bits per heavy atom. The van der Waals surface area contributed by atoms with Crippen LogP contribution in [0.25, 0.3) is 0 Å². The predicted molar refractivity (Wildman–Crippen MR) is 122 cm³/mol. The molecule has 2 aliphatic rings. The van der Waals surface area contributed by atoms with E-state index in [2.05, 4.69) is 43.8 Å². The Labute approximate surface area is 181 Å². The van der Waals surface area contributed by atoms with Crippen LogP contribution < -0.4 is 5.32 Å². The fourth-order valence-electron chi connectivity index (χ4n) is 4.39. The minimum atomic E-state index is 0. The Balaban J connectivity index is 0.00000261. The Morgan fingerprint density at radius 1 is 1.22 bits per heavy atom. The van der Waals surface area contributed by atoms with Crippen LogP contribution in [0.15, 0.2) is 4.99 Å². The van der Waals surface area contributed by atoms with E-state index >= 15 is 0 Å². The molecule has 6 nitrogen and oxygen atoms in total. The first-order valence-electron chi connectivity index (χ1n) is 10.5. The van der Waals surface area contributed by atoms with Gasteiger partial charge in [0.15, 0.2) is 5.96 Å². The molecule has 1 aromatic heterocycles. The molecule has 3 rings (SSSR count). The minimum absolute atomic E-state index is 0. The van der Waals surface area contributed by atoms with Gasteiger partial charge in [-0.1, -0.05) is 20.3 Å². The maximum atomic E-state index is 4.50. The lowest BCUT2D eigenvalue weighted by atomic mass is 9.97. The van der Waals surface area contributed by atoms with E-state index in [9.17, 15) is 0 Å². The van der Waals surface area contributed by atoms with Crippen molar-refractivity contribution in [2.75, 3.05) is 26.7 Å². The standard InChI is InChI=1S/C20H36N6.HI/c1-16(2)14-17-10-13-25(15-17)20(21-3)22-11-7-9-19-24-23-18-8-5-4-6-12-26(18)19;/h16-17H,4-15H2,1-3H3,(H,21,22);1H. The lowest BCUT2D eigenvalue weighted by Crippen LogP contribution is -2.40. The summed E-state index contributed by atoms with van der Waals surface area (Å²) in [6.45, 7) is 8.96. The number of aromatic nitrogens is 3. The second kappa shape index (κ2) is 11.2. The maximum Gasteiger partial charge on any atom is 0.193 e. The number of fused-ring (bicyclic) bond motifs is 1. The number of guanidine groups is 1. The van der Waals surface area contributed by atoms with Crippen molar-refractivity contribution < 1.29 is 0 Å². The fourth-order valence-corrected chi connectivity index (χ4v) is 4.39. The van der Waals surface area contributed by atoms with Crippen LogP contribution in [-0.2, 0) is 19.4 Å². The Hall–Kier alpha value is -0.860. The number of aliphatic imine (C=N–C) groups is 1. The van der Waals surface area contributed by atoms with Gasteiger partial charge in [-0.15, -0.1) is 34.2 Å². The van der Waals surface area contributed by atoms with E-state index in [1.807, 2.05) is 7.05 Å². The predicted octanol–water partition coefficient (Wildman–Crippen LogP) is 3.50. The smallest absolute Gasteiger partial charge is 0.193 e. The Bertz CT molecular complexity index is 597. The van der Waals surface area contributed by atoms with Crippen LogP contribution in [0.5, 0.6) is 0 Å². The number of rotatable bonds is 6. The van der Waals surface area contributed by atoms with Crippen LogP contribution in [0.1, 0.15) is 64.0 Å². The molecular weight excluding hydrogens is 451 g/mol. The van der Waals surface area contributed by atoms with E-state index < -0.39 is 0 Å². The zero-order valence-corrected chi connectivity index (χ0v) is 19.6. The average molecular weight is 488 g/mol. The lowest BCUT2D eigenvalue weighted by Gasteiger charge is -2.22. The van der Waals surface area contributed by atoms with Crippen molar-refractivity contribution in [2.45, 2.75) is 71.8 Å². The van der Waals surface area contributed by atoms with Crippen LogP contribution in [0.3, 0.4) is 0 Å². The van der Waals surface area contributed by atoms with Crippen LogP contribution in [0, 0.1) is 11.8 Å². The van der Waals surface area contributed by atoms with Crippen molar-refractivity contribution in [3.05, 3.63) is 11.6 Å². The third-order valence-electron chi connectivity index (χ3n) is 5.65. The molecule has 1 N–H and O–H groups in total. The monoisotopic (exact) mass is 488 g/mol. The first-order chi connectivity index (χ1) is 12.7. The second-order valence-electron chi connectivity index (χ2n) is 8.30. The number of hydrogen-bond acceptors (Lipinski definition) is 3. The van der Waals surface area contributed by atoms with Gasteiger partial charge in [-0.25, -0.2) is 0 Å². The van der Waals surface area contributed by atoms with Crippen LogP contribution in [0.2, 0.25) is 0 Å². The molecule has 154 valence electrons. The first-order valence-corrected chi connectivity index (χ1v) is 10.5. The third kappa shape index (κ3) is 6.32. The molecule has 27 heavy (non-hydrogen) atoms. The number of hydrogen-bond donors (Lipinski definition) is 1. The summed E-state index contributed by atoms with van der Waals surface area (Å²) >= 11 is 0. The summed E-state index contributed by atoms with van der Waals surface area (Å²) in [6, 6.07) is 0. The summed E-state index contributed by atoms with van der Waals surface area (Å²) in [6.07, 6.45) is 9.60. The topological polar surface area (TPSA) is 58.3 Å². The van der Waals surface area contributed by atoms with E-state index in [-0.39, 0.29) is 24.0 Å². The molecule has 1 saturated heterocycles. The lowest BCUT2D eigenvalue weighted by molar-refractivity contribution is 0.403. The van der Waals surface area contributed by atoms with Crippen molar-refractivity contribution in [3.8, 4) is 0 Å². The summed E-state index contributed by atoms with van der Waals surface area (Å²) in [5, 5.41) is 12.4. The molecule has 0 aliphatic carbocycles. The molecule has 3 heterocycles. The SMILES string of the molecule is CN=C(NCCCc1nnc2n1CCCCC2)N1CCC(CC(C)C)C1.I.